The lowest BCUT2D eigenvalue weighted by Crippen LogP contribution is -2.26. The van der Waals surface area contributed by atoms with Gasteiger partial charge in [-0.05, 0) is 75.0 Å². The molecule has 0 amide bonds. The highest BCUT2D eigenvalue weighted by atomic mass is 31.1. The van der Waals surface area contributed by atoms with Gasteiger partial charge in [-0.15, -0.1) is 0 Å². The summed E-state index contributed by atoms with van der Waals surface area (Å²) in [4.78, 5) is 0. The van der Waals surface area contributed by atoms with Crippen LogP contribution >= 0.6 is 7.92 Å². The van der Waals surface area contributed by atoms with Gasteiger partial charge in [-0.2, -0.15) is 0 Å². The fraction of sp³-hybridized carbons (Fsp3) is 0.714. The van der Waals surface area contributed by atoms with E-state index in [4.69, 9.17) is 0 Å². The molecule has 122 valence electrons. The molecular weight excluding hydrogens is 283 g/mol. The highest BCUT2D eigenvalue weighted by Crippen LogP contribution is 2.54. The second kappa shape index (κ2) is 7.96. The van der Waals surface area contributed by atoms with Gasteiger partial charge in [0.05, 0.1) is 16.6 Å². The SMILES string of the molecule is CC(C)c1ccc([PH+](C2CCCCC2)C2CCCCC2)cc1. The lowest BCUT2D eigenvalue weighted by atomic mass is 9.99. The molecule has 0 unspecified atom stereocenters. The summed E-state index contributed by atoms with van der Waals surface area (Å²) in [5, 5.41) is 1.76. The van der Waals surface area contributed by atoms with Gasteiger partial charge in [-0.3, -0.25) is 0 Å². The van der Waals surface area contributed by atoms with Crippen LogP contribution in [0.1, 0.15) is 89.5 Å². The Hall–Kier alpha value is -0.350. The molecule has 2 fully saturated rings. The number of rotatable bonds is 4. The molecule has 0 nitrogen and oxygen atoms in total. The fourth-order valence-electron chi connectivity index (χ4n) is 4.69. The van der Waals surface area contributed by atoms with Crippen molar-refractivity contribution >= 4 is 13.2 Å². The molecule has 0 atom stereocenters. The van der Waals surface area contributed by atoms with Gasteiger partial charge in [-0.1, -0.05) is 38.8 Å². The zero-order valence-corrected chi connectivity index (χ0v) is 15.6. The largest absolute Gasteiger partial charge is 0.0920 e. The predicted molar refractivity (Wildman–Crippen MR) is 102 cm³/mol. The molecule has 0 aromatic heterocycles. The van der Waals surface area contributed by atoms with Crippen molar-refractivity contribution < 1.29 is 0 Å². The maximum atomic E-state index is 2.52. The van der Waals surface area contributed by atoms with Crippen LogP contribution in [-0.4, -0.2) is 11.3 Å². The van der Waals surface area contributed by atoms with E-state index >= 15 is 0 Å². The quantitative estimate of drug-likeness (QED) is 0.570. The van der Waals surface area contributed by atoms with E-state index in [0.717, 1.165) is 11.3 Å². The van der Waals surface area contributed by atoms with Crippen LogP contribution in [0.25, 0.3) is 0 Å². The van der Waals surface area contributed by atoms with E-state index in [1.54, 1.807) is 5.30 Å². The van der Waals surface area contributed by atoms with E-state index in [1.807, 2.05) is 0 Å². The van der Waals surface area contributed by atoms with E-state index < -0.39 is 0 Å². The molecule has 3 rings (SSSR count). The Bertz CT molecular complexity index is 417. The maximum absolute atomic E-state index is 2.52. The predicted octanol–water partition coefficient (Wildman–Crippen LogP) is 6.31. The zero-order chi connectivity index (χ0) is 15.4. The Kier molecular flexibility index (Phi) is 5.97. The molecule has 0 radical (unpaired) electrons. The standard InChI is InChI=1S/C21H33P/c1-17(2)18-13-15-21(16-14-18)22(19-9-5-3-6-10-19)20-11-7-4-8-12-20/h13-17,19-20H,3-12H2,1-2H3/p+1. The van der Waals surface area contributed by atoms with Crippen LogP contribution < -0.4 is 5.30 Å². The van der Waals surface area contributed by atoms with Gasteiger partial charge in [0.2, 0.25) is 0 Å². The number of hydrogen-bond acceptors (Lipinski definition) is 0. The summed E-state index contributed by atoms with van der Waals surface area (Å²) >= 11 is 0. The number of hydrogen-bond donors (Lipinski definition) is 0. The number of benzene rings is 1. The highest BCUT2D eigenvalue weighted by Gasteiger charge is 2.38. The fourth-order valence-corrected chi connectivity index (χ4v) is 8.91. The summed E-state index contributed by atoms with van der Waals surface area (Å²) in [7, 11) is -0.365. The summed E-state index contributed by atoms with van der Waals surface area (Å²) < 4.78 is 0. The molecule has 0 heterocycles. The monoisotopic (exact) mass is 317 g/mol. The molecule has 2 aliphatic rings. The van der Waals surface area contributed by atoms with Crippen LogP contribution in [0.2, 0.25) is 0 Å². The van der Waals surface area contributed by atoms with Crippen molar-refractivity contribution in [2.45, 2.75) is 95.3 Å². The Labute approximate surface area is 138 Å². The minimum Gasteiger partial charge on any atom is -0.0587 e. The van der Waals surface area contributed by atoms with Crippen molar-refractivity contribution in [1.82, 2.24) is 0 Å². The Morgan fingerprint density at radius 2 is 1.18 bits per heavy atom. The topological polar surface area (TPSA) is 0 Å². The third kappa shape index (κ3) is 3.94. The summed E-state index contributed by atoms with van der Waals surface area (Å²) in [5.74, 6) is 0.661. The normalized spacial score (nSPS) is 21.6. The van der Waals surface area contributed by atoms with Crippen molar-refractivity contribution in [1.29, 1.82) is 0 Å². The third-order valence-electron chi connectivity index (χ3n) is 6.00. The molecule has 2 aliphatic carbocycles. The average molecular weight is 317 g/mol. The Morgan fingerprint density at radius 1 is 0.727 bits per heavy atom. The van der Waals surface area contributed by atoms with Crippen molar-refractivity contribution in [2.75, 3.05) is 0 Å². The minimum atomic E-state index is -0.365. The van der Waals surface area contributed by atoms with Gasteiger partial charge in [-0.25, -0.2) is 0 Å². The molecule has 0 bridgehead atoms. The van der Waals surface area contributed by atoms with Gasteiger partial charge < -0.3 is 0 Å². The van der Waals surface area contributed by atoms with E-state index in [0.29, 0.717) is 5.92 Å². The van der Waals surface area contributed by atoms with Crippen LogP contribution in [0.15, 0.2) is 24.3 Å². The summed E-state index contributed by atoms with van der Waals surface area (Å²) in [6, 6.07) is 9.90. The zero-order valence-electron chi connectivity index (χ0n) is 14.6. The van der Waals surface area contributed by atoms with Crippen LogP contribution in [0, 0.1) is 0 Å². The van der Waals surface area contributed by atoms with Gasteiger partial charge in [0.15, 0.2) is 0 Å². The first-order valence-corrected chi connectivity index (χ1v) is 11.4. The van der Waals surface area contributed by atoms with E-state index in [1.165, 1.54) is 69.8 Å². The van der Waals surface area contributed by atoms with Gasteiger partial charge in [0.25, 0.3) is 0 Å². The Balaban J connectivity index is 1.82. The maximum Gasteiger partial charge on any atom is 0.0920 e. The molecule has 0 spiro atoms. The summed E-state index contributed by atoms with van der Waals surface area (Å²) in [6.07, 6.45) is 15.1. The molecule has 1 heteroatoms. The summed E-state index contributed by atoms with van der Waals surface area (Å²) in [6.45, 7) is 4.62. The van der Waals surface area contributed by atoms with Crippen molar-refractivity contribution in [3.05, 3.63) is 29.8 Å². The molecule has 0 N–H and O–H groups in total. The average Bonchev–Trinajstić information content (AvgIpc) is 2.57. The van der Waals surface area contributed by atoms with Crippen molar-refractivity contribution in [3.63, 3.8) is 0 Å². The van der Waals surface area contributed by atoms with E-state index in [9.17, 15) is 0 Å². The van der Waals surface area contributed by atoms with Crippen molar-refractivity contribution in [3.8, 4) is 0 Å². The first kappa shape index (κ1) is 16.5. The van der Waals surface area contributed by atoms with Crippen LogP contribution in [0.3, 0.4) is 0 Å². The van der Waals surface area contributed by atoms with Crippen LogP contribution in [0.4, 0.5) is 0 Å². The summed E-state index contributed by atoms with van der Waals surface area (Å²) in [5.41, 5.74) is 3.64. The van der Waals surface area contributed by atoms with Crippen LogP contribution in [-0.2, 0) is 0 Å². The smallest absolute Gasteiger partial charge is 0.0587 e. The van der Waals surface area contributed by atoms with E-state index in [-0.39, 0.29) is 7.92 Å². The first-order chi connectivity index (χ1) is 10.8. The molecule has 1 aromatic carbocycles. The molecular formula is C21H34P+. The van der Waals surface area contributed by atoms with Gasteiger partial charge in [0, 0.05) is 7.92 Å². The minimum absolute atomic E-state index is 0.365. The lowest BCUT2D eigenvalue weighted by Gasteiger charge is -2.32. The third-order valence-corrected chi connectivity index (χ3v) is 9.91. The highest BCUT2D eigenvalue weighted by molar-refractivity contribution is 7.67. The van der Waals surface area contributed by atoms with Gasteiger partial charge in [0.1, 0.15) is 0 Å². The molecule has 1 aromatic rings. The second-order valence-electron chi connectivity index (χ2n) is 7.90. The van der Waals surface area contributed by atoms with Crippen molar-refractivity contribution in [2.24, 2.45) is 0 Å². The van der Waals surface area contributed by atoms with Gasteiger partial charge >= 0.3 is 0 Å². The lowest BCUT2D eigenvalue weighted by molar-refractivity contribution is 0.487. The Morgan fingerprint density at radius 3 is 1.59 bits per heavy atom. The van der Waals surface area contributed by atoms with Crippen LogP contribution in [0.5, 0.6) is 0 Å². The molecule has 0 aliphatic heterocycles. The molecule has 22 heavy (non-hydrogen) atoms. The van der Waals surface area contributed by atoms with E-state index in [2.05, 4.69) is 38.1 Å². The molecule has 2 saturated carbocycles. The molecule has 0 saturated heterocycles. The second-order valence-corrected chi connectivity index (χ2v) is 11.0. The first-order valence-electron chi connectivity index (χ1n) is 9.73.